The average molecular weight is 310 g/mol. The molecule has 0 aromatic rings. The van der Waals surface area contributed by atoms with Crippen LogP contribution in [0.15, 0.2) is 24.8 Å². The van der Waals surface area contributed by atoms with Gasteiger partial charge in [0.1, 0.15) is 0 Å². The van der Waals surface area contributed by atoms with E-state index in [4.69, 9.17) is 5.11 Å². The summed E-state index contributed by atoms with van der Waals surface area (Å²) >= 11 is 0. The Morgan fingerprint density at radius 3 is 2.14 bits per heavy atom. The van der Waals surface area contributed by atoms with Gasteiger partial charge in [-0.3, -0.25) is 4.79 Å². The maximum Gasteiger partial charge on any atom is 0.303 e. The Morgan fingerprint density at radius 2 is 1.50 bits per heavy atom. The zero-order valence-corrected chi connectivity index (χ0v) is 14.0. The molecule has 0 spiro atoms. The molecule has 0 fully saturated rings. The first kappa shape index (κ1) is 20.9. The van der Waals surface area contributed by atoms with Crippen LogP contribution in [0.25, 0.3) is 0 Å². The largest absolute Gasteiger partial charge is 0.481 e. The molecule has 3 heteroatoms. The molecule has 22 heavy (non-hydrogen) atoms. The number of rotatable bonds is 16. The second-order valence-corrected chi connectivity index (χ2v) is 5.98. The molecule has 0 aromatic carbocycles. The number of carboxylic acid groups (broad SMARTS) is 1. The van der Waals surface area contributed by atoms with Crippen LogP contribution in [0.5, 0.6) is 0 Å². The third-order valence-corrected chi connectivity index (χ3v) is 3.78. The van der Waals surface area contributed by atoms with Gasteiger partial charge >= 0.3 is 5.97 Å². The summed E-state index contributed by atoms with van der Waals surface area (Å²) in [7, 11) is 0. The molecule has 0 aliphatic carbocycles. The molecule has 0 saturated heterocycles. The minimum atomic E-state index is -0.692. The molecule has 128 valence electrons. The molecule has 0 amide bonds. The minimum absolute atomic E-state index is 0.296. The molecule has 0 bridgehead atoms. The molecule has 0 heterocycles. The SMILES string of the molecule is C=CCCCCC=CC(O)CCCCCCCCCC(=O)O. The highest BCUT2D eigenvalue weighted by Crippen LogP contribution is 2.11. The van der Waals surface area contributed by atoms with Crippen molar-refractivity contribution in [3.8, 4) is 0 Å². The highest BCUT2D eigenvalue weighted by Gasteiger charge is 1.99. The van der Waals surface area contributed by atoms with Gasteiger partial charge in [0.15, 0.2) is 0 Å². The van der Waals surface area contributed by atoms with Gasteiger partial charge in [-0.2, -0.15) is 0 Å². The fourth-order valence-corrected chi connectivity index (χ4v) is 2.41. The second kappa shape index (κ2) is 16.3. The van der Waals surface area contributed by atoms with Crippen molar-refractivity contribution in [3.05, 3.63) is 24.8 Å². The summed E-state index contributed by atoms with van der Waals surface area (Å²) in [5.41, 5.74) is 0. The standard InChI is InChI=1S/C19H34O3/c1-2-3-4-5-9-12-15-18(20)16-13-10-7-6-8-11-14-17-19(21)22/h2,12,15,18,20H,1,3-11,13-14,16-17H2,(H,21,22). The van der Waals surface area contributed by atoms with Gasteiger partial charge in [0.25, 0.3) is 0 Å². The van der Waals surface area contributed by atoms with E-state index in [1.807, 2.05) is 12.2 Å². The van der Waals surface area contributed by atoms with Crippen molar-refractivity contribution < 1.29 is 15.0 Å². The van der Waals surface area contributed by atoms with Gasteiger partial charge in [0.05, 0.1) is 6.10 Å². The van der Waals surface area contributed by atoms with Crippen LogP contribution in [0.4, 0.5) is 0 Å². The molecule has 0 rings (SSSR count). The van der Waals surface area contributed by atoms with Crippen molar-refractivity contribution in [2.24, 2.45) is 0 Å². The van der Waals surface area contributed by atoms with Gasteiger partial charge in [-0.25, -0.2) is 0 Å². The smallest absolute Gasteiger partial charge is 0.303 e. The number of allylic oxidation sites excluding steroid dienone is 2. The van der Waals surface area contributed by atoms with E-state index in [1.165, 1.54) is 19.3 Å². The first-order valence-electron chi connectivity index (χ1n) is 8.84. The lowest BCUT2D eigenvalue weighted by atomic mass is 10.0. The van der Waals surface area contributed by atoms with E-state index in [-0.39, 0.29) is 6.10 Å². The van der Waals surface area contributed by atoms with Crippen molar-refractivity contribution in [1.29, 1.82) is 0 Å². The van der Waals surface area contributed by atoms with Crippen LogP contribution >= 0.6 is 0 Å². The number of carboxylic acids is 1. The van der Waals surface area contributed by atoms with Crippen LogP contribution in [0, 0.1) is 0 Å². The predicted molar refractivity (Wildman–Crippen MR) is 93.0 cm³/mol. The van der Waals surface area contributed by atoms with Crippen LogP contribution in [-0.2, 0) is 4.79 Å². The number of aliphatic hydroxyl groups is 1. The normalized spacial score (nSPS) is 12.6. The summed E-state index contributed by atoms with van der Waals surface area (Å²) in [6, 6.07) is 0. The van der Waals surface area contributed by atoms with Crippen molar-refractivity contribution in [3.63, 3.8) is 0 Å². The molecular weight excluding hydrogens is 276 g/mol. The van der Waals surface area contributed by atoms with Gasteiger partial charge in [0.2, 0.25) is 0 Å². The van der Waals surface area contributed by atoms with Crippen molar-refractivity contribution in [2.45, 2.75) is 89.6 Å². The fourth-order valence-electron chi connectivity index (χ4n) is 2.41. The highest BCUT2D eigenvalue weighted by atomic mass is 16.4. The third-order valence-electron chi connectivity index (χ3n) is 3.78. The number of hydrogen-bond acceptors (Lipinski definition) is 2. The van der Waals surface area contributed by atoms with Gasteiger partial charge < -0.3 is 10.2 Å². The van der Waals surface area contributed by atoms with Crippen LogP contribution in [0.2, 0.25) is 0 Å². The van der Waals surface area contributed by atoms with Crippen LogP contribution < -0.4 is 0 Å². The molecular formula is C19H34O3. The summed E-state index contributed by atoms with van der Waals surface area (Å²) < 4.78 is 0. The third kappa shape index (κ3) is 17.0. The summed E-state index contributed by atoms with van der Waals surface area (Å²) in [5.74, 6) is -0.692. The number of unbranched alkanes of at least 4 members (excludes halogenated alkanes) is 9. The number of aliphatic hydroxyl groups excluding tert-OH is 1. The zero-order chi connectivity index (χ0) is 16.5. The fraction of sp³-hybridized carbons (Fsp3) is 0.737. The molecule has 0 aromatic heterocycles. The Kier molecular flexibility index (Phi) is 15.5. The van der Waals surface area contributed by atoms with Crippen molar-refractivity contribution in [2.75, 3.05) is 0 Å². The topological polar surface area (TPSA) is 57.5 Å². The monoisotopic (exact) mass is 310 g/mol. The summed E-state index contributed by atoms with van der Waals surface area (Å²) in [6.45, 7) is 3.70. The molecule has 0 saturated carbocycles. The maximum atomic E-state index is 10.3. The van der Waals surface area contributed by atoms with Gasteiger partial charge in [-0.15, -0.1) is 6.58 Å². The Morgan fingerprint density at radius 1 is 0.909 bits per heavy atom. The summed E-state index contributed by atoms with van der Waals surface area (Å²) in [5, 5.41) is 18.3. The van der Waals surface area contributed by atoms with Gasteiger partial charge in [0, 0.05) is 6.42 Å². The maximum absolute atomic E-state index is 10.3. The minimum Gasteiger partial charge on any atom is -0.481 e. The lowest BCUT2D eigenvalue weighted by Crippen LogP contribution is -2.01. The molecule has 1 atom stereocenters. The quantitative estimate of drug-likeness (QED) is 0.302. The first-order chi connectivity index (χ1) is 10.7. The highest BCUT2D eigenvalue weighted by molar-refractivity contribution is 5.66. The average Bonchev–Trinajstić information content (AvgIpc) is 2.48. The molecule has 0 aliphatic heterocycles. The Labute approximate surface area is 136 Å². The summed E-state index contributed by atoms with van der Waals surface area (Å²) in [4.78, 5) is 10.3. The molecule has 0 aliphatic rings. The lowest BCUT2D eigenvalue weighted by Gasteiger charge is -2.05. The molecule has 3 nitrogen and oxygen atoms in total. The Balaban J connectivity index is 3.27. The predicted octanol–water partition coefficient (Wildman–Crippen LogP) is 5.25. The van der Waals surface area contributed by atoms with Crippen LogP contribution in [0.3, 0.4) is 0 Å². The zero-order valence-electron chi connectivity index (χ0n) is 14.0. The van der Waals surface area contributed by atoms with E-state index < -0.39 is 5.97 Å². The van der Waals surface area contributed by atoms with E-state index in [1.54, 1.807) is 0 Å². The molecule has 1 unspecified atom stereocenters. The lowest BCUT2D eigenvalue weighted by molar-refractivity contribution is -0.137. The molecule has 0 radical (unpaired) electrons. The van der Waals surface area contributed by atoms with E-state index in [9.17, 15) is 9.90 Å². The Bertz CT molecular complexity index is 297. The number of carbonyl (C=O) groups is 1. The van der Waals surface area contributed by atoms with Crippen LogP contribution in [0.1, 0.15) is 83.5 Å². The van der Waals surface area contributed by atoms with Crippen LogP contribution in [-0.4, -0.2) is 22.3 Å². The van der Waals surface area contributed by atoms with E-state index >= 15 is 0 Å². The number of hydrogen-bond donors (Lipinski definition) is 2. The second-order valence-electron chi connectivity index (χ2n) is 5.98. The molecule has 2 N–H and O–H groups in total. The Hall–Kier alpha value is -1.09. The summed E-state index contributed by atoms with van der Waals surface area (Å²) in [6.07, 6.45) is 18.8. The first-order valence-corrected chi connectivity index (χ1v) is 8.84. The van der Waals surface area contributed by atoms with E-state index in [0.717, 1.165) is 57.8 Å². The van der Waals surface area contributed by atoms with E-state index in [2.05, 4.69) is 12.7 Å². The number of aliphatic carboxylic acids is 1. The van der Waals surface area contributed by atoms with Gasteiger partial charge in [-0.1, -0.05) is 56.8 Å². The van der Waals surface area contributed by atoms with Crippen molar-refractivity contribution >= 4 is 5.97 Å². The van der Waals surface area contributed by atoms with Gasteiger partial charge in [-0.05, 0) is 38.5 Å². The van der Waals surface area contributed by atoms with E-state index in [0.29, 0.717) is 6.42 Å². The van der Waals surface area contributed by atoms with Crippen molar-refractivity contribution in [1.82, 2.24) is 0 Å².